The van der Waals surface area contributed by atoms with Crippen LogP contribution >= 0.6 is 15.9 Å². The Bertz CT molecular complexity index is 532. The Kier molecular flexibility index (Phi) is 6.10. The minimum Gasteiger partial charge on any atom is -0.496 e. The standard InChI is InChI=1S/C14H14BrNO3/c1-3-6-19-14(17)11(9-16)7-10-8-12(15)4-5-13(10)18-2/h4-5,7-8H,3,6H2,1-2H3/b11-7-. The molecule has 0 aromatic heterocycles. The van der Waals surface area contributed by atoms with E-state index in [0.29, 0.717) is 24.3 Å². The van der Waals surface area contributed by atoms with Crippen LogP contribution in [0.15, 0.2) is 28.2 Å². The first-order valence-corrected chi connectivity index (χ1v) is 6.54. The first-order chi connectivity index (χ1) is 9.12. The molecule has 0 saturated heterocycles. The molecule has 5 heteroatoms. The highest BCUT2D eigenvalue weighted by molar-refractivity contribution is 9.10. The molecule has 0 amide bonds. The van der Waals surface area contributed by atoms with Crippen molar-refractivity contribution in [3.63, 3.8) is 0 Å². The molecule has 0 bridgehead atoms. The van der Waals surface area contributed by atoms with Crippen LogP contribution in [0, 0.1) is 11.3 Å². The van der Waals surface area contributed by atoms with Crippen molar-refractivity contribution in [2.75, 3.05) is 13.7 Å². The highest BCUT2D eigenvalue weighted by Crippen LogP contribution is 2.25. The number of hydrogen-bond donors (Lipinski definition) is 0. The van der Waals surface area contributed by atoms with E-state index in [1.165, 1.54) is 13.2 Å². The summed E-state index contributed by atoms with van der Waals surface area (Å²) in [6.45, 7) is 2.19. The number of ether oxygens (including phenoxy) is 2. The lowest BCUT2D eigenvalue weighted by molar-refractivity contribution is -0.138. The van der Waals surface area contributed by atoms with Crippen LogP contribution in [0.25, 0.3) is 6.08 Å². The molecular formula is C14H14BrNO3. The molecule has 0 fully saturated rings. The van der Waals surface area contributed by atoms with Crippen LogP contribution in [0.4, 0.5) is 0 Å². The quantitative estimate of drug-likeness (QED) is 0.474. The van der Waals surface area contributed by atoms with E-state index in [1.807, 2.05) is 19.1 Å². The molecular weight excluding hydrogens is 310 g/mol. The molecule has 0 aliphatic carbocycles. The molecule has 0 spiro atoms. The molecule has 19 heavy (non-hydrogen) atoms. The van der Waals surface area contributed by atoms with Gasteiger partial charge in [-0.05, 0) is 30.7 Å². The normalized spacial score (nSPS) is 10.7. The van der Waals surface area contributed by atoms with Crippen LogP contribution in [-0.4, -0.2) is 19.7 Å². The lowest BCUT2D eigenvalue weighted by Gasteiger charge is -2.06. The van der Waals surface area contributed by atoms with Gasteiger partial charge in [0.1, 0.15) is 17.4 Å². The van der Waals surface area contributed by atoms with Crippen LogP contribution in [-0.2, 0) is 9.53 Å². The molecule has 0 atom stereocenters. The molecule has 1 rings (SSSR count). The van der Waals surface area contributed by atoms with Gasteiger partial charge in [0.05, 0.1) is 13.7 Å². The van der Waals surface area contributed by atoms with Crippen molar-refractivity contribution < 1.29 is 14.3 Å². The molecule has 0 radical (unpaired) electrons. The molecule has 0 aliphatic heterocycles. The topological polar surface area (TPSA) is 59.3 Å². The van der Waals surface area contributed by atoms with E-state index in [0.717, 1.165) is 4.47 Å². The number of rotatable bonds is 5. The van der Waals surface area contributed by atoms with Gasteiger partial charge in [-0.3, -0.25) is 0 Å². The fraction of sp³-hybridized carbons (Fsp3) is 0.286. The highest BCUT2D eigenvalue weighted by Gasteiger charge is 2.12. The Morgan fingerprint density at radius 1 is 1.53 bits per heavy atom. The maximum Gasteiger partial charge on any atom is 0.348 e. The van der Waals surface area contributed by atoms with Gasteiger partial charge in [-0.25, -0.2) is 4.79 Å². The molecule has 1 aromatic rings. The summed E-state index contributed by atoms with van der Waals surface area (Å²) in [7, 11) is 1.53. The zero-order valence-corrected chi connectivity index (χ0v) is 12.4. The maximum atomic E-state index is 11.7. The minimum absolute atomic E-state index is 0.0511. The SMILES string of the molecule is CCCOC(=O)/C(C#N)=C\c1cc(Br)ccc1OC. The first kappa shape index (κ1) is 15.3. The number of carbonyl (C=O) groups is 1. The van der Waals surface area contributed by atoms with Crippen LogP contribution in [0.1, 0.15) is 18.9 Å². The van der Waals surface area contributed by atoms with Crippen molar-refractivity contribution in [2.45, 2.75) is 13.3 Å². The monoisotopic (exact) mass is 323 g/mol. The molecule has 0 heterocycles. The molecule has 0 aliphatic rings. The van der Waals surface area contributed by atoms with Crippen molar-refractivity contribution in [3.8, 4) is 11.8 Å². The molecule has 100 valence electrons. The van der Waals surface area contributed by atoms with Crippen molar-refractivity contribution in [2.24, 2.45) is 0 Å². The summed E-state index contributed by atoms with van der Waals surface area (Å²) in [6.07, 6.45) is 2.17. The van der Waals surface area contributed by atoms with E-state index in [-0.39, 0.29) is 5.57 Å². The van der Waals surface area contributed by atoms with Crippen LogP contribution in [0.2, 0.25) is 0 Å². The van der Waals surface area contributed by atoms with Gasteiger partial charge in [0, 0.05) is 10.0 Å². The smallest absolute Gasteiger partial charge is 0.348 e. The average Bonchev–Trinajstić information content (AvgIpc) is 2.42. The molecule has 0 unspecified atom stereocenters. The van der Waals surface area contributed by atoms with E-state index in [1.54, 1.807) is 12.1 Å². The number of nitriles is 1. The number of benzene rings is 1. The van der Waals surface area contributed by atoms with Crippen LogP contribution in [0.5, 0.6) is 5.75 Å². The fourth-order valence-electron chi connectivity index (χ4n) is 1.38. The van der Waals surface area contributed by atoms with Gasteiger partial charge < -0.3 is 9.47 Å². The van der Waals surface area contributed by atoms with E-state index < -0.39 is 5.97 Å². The van der Waals surface area contributed by atoms with Crippen molar-refractivity contribution in [1.82, 2.24) is 0 Å². The van der Waals surface area contributed by atoms with Gasteiger partial charge in [-0.1, -0.05) is 22.9 Å². The zero-order chi connectivity index (χ0) is 14.3. The first-order valence-electron chi connectivity index (χ1n) is 5.74. The third kappa shape index (κ3) is 4.42. The van der Waals surface area contributed by atoms with Gasteiger partial charge in [-0.15, -0.1) is 0 Å². The van der Waals surface area contributed by atoms with E-state index >= 15 is 0 Å². The average molecular weight is 324 g/mol. The number of carbonyl (C=O) groups excluding carboxylic acids is 1. The van der Waals surface area contributed by atoms with Gasteiger partial charge >= 0.3 is 5.97 Å². The van der Waals surface area contributed by atoms with Crippen molar-refractivity contribution in [3.05, 3.63) is 33.8 Å². The van der Waals surface area contributed by atoms with Gasteiger partial charge in [0.2, 0.25) is 0 Å². The lowest BCUT2D eigenvalue weighted by Crippen LogP contribution is -2.07. The third-order valence-electron chi connectivity index (χ3n) is 2.27. The summed E-state index contributed by atoms with van der Waals surface area (Å²) in [4.78, 5) is 11.7. The lowest BCUT2D eigenvalue weighted by atomic mass is 10.1. The van der Waals surface area contributed by atoms with Crippen LogP contribution < -0.4 is 4.74 Å². The Hall–Kier alpha value is -1.80. The molecule has 0 N–H and O–H groups in total. The van der Waals surface area contributed by atoms with Gasteiger partial charge in [0.25, 0.3) is 0 Å². The van der Waals surface area contributed by atoms with Gasteiger partial charge in [0.15, 0.2) is 0 Å². The van der Waals surface area contributed by atoms with Crippen molar-refractivity contribution in [1.29, 1.82) is 5.26 Å². The summed E-state index contributed by atoms with van der Waals surface area (Å²) in [5, 5.41) is 9.02. The third-order valence-corrected chi connectivity index (χ3v) is 2.76. The largest absolute Gasteiger partial charge is 0.496 e. The highest BCUT2D eigenvalue weighted by atomic mass is 79.9. The van der Waals surface area contributed by atoms with Gasteiger partial charge in [-0.2, -0.15) is 5.26 Å². The number of methoxy groups -OCH3 is 1. The number of halogens is 1. The number of esters is 1. The predicted molar refractivity (Wildman–Crippen MR) is 75.5 cm³/mol. The van der Waals surface area contributed by atoms with Crippen molar-refractivity contribution >= 4 is 28.0 Å². The maximum absolute atomic E-state index is 11.7. The van der Waals surface area contributed by atoms with Crippen LogP contribution in [0.3, 0.4) is 0 Å². The Morgan fingerprint density at radius 3 is 2.84 bits per heavy atom. The summed E-state index contributed by atoms with van der Waals surface area (Å²) in [5.74, 6) is -0.0365. The molecule has 1 aromatic carbocycles. The number of hydrogen-bond acceptors (Lipinski definition) is 4. The second kappa shape index (κ2) is 7.59. The summed E-state index contributed by atoms with van der Waals surface area (Å²) in [5.41, 5.74) is 0.590. The fourth-order valence-corrected chi connectivity index (χ4v) is 1.76. The summed E-state index contributed by atoms with van der Waals surface area (Å²) in [6, 6.07) is 7.18. The van der Waals surface area contributed by atoms with E-state index in [9.17, 15) is 4.79 Å². The minimum atomic E-state index is -0.619. The molecule has 4 nitrogen and oxygen atoms in total. The van der Waals surface area contributed by atoms with E-state index in [2.05, 4.69) is 15.9 Å². The zero-order valence-electron chi connectivity index (χ0n) is 10.8. The Balaban J connectivity index is 3.07. The Morgan fingerprint density at radius 2 is 2.26 bits per heavy atom. The summed E-state index contributed by atoms with van der Waals surface area (Å²) >= 11 is 3.33. The predicted octanol–water partition coefficient (Wildman–Crippen LogP) is 3.32. The summed E-state index contributed by atoms with van der Waals surface area (Å²) < 4.78 is 10.9. The second-order valence-corrected chi connectivity index (χ2v) is 4.61. The van der Waals surface area contributed by atoms with E-state index in [4.69, 9.17) is 14.7 Å². The number of nitrogens with zero attached hydrogens (tertiary/aromatic N) is 1. The Labute approximate surface area is 120 Å². The second-order valence-electron chi connectivity index (χ2n) is 3.69. The molecule has 0 saturated carbocycles.